The van der Waals surface area contributed by atoms with E-state index in [4.69, 9.17) is 4.74 Å². The molecule has 158 valence electrons. The molecule has 1 aliphatic heterocycles. The number of thioether (sulfide) groups is 1. The molecule has 1 aliphatic carbocycles. The van der Waals surface area contributed by atoms with Crippen molar-refractivity contribution >= 4 is 51.1 Å². The van der Waals surface area contributed by atoms with Crippen molar-refractivity contribution in [3.63, 3.8) is 0 Å². The summed E-state index contributed by atoms with van der Waals surface area (Å²) in [5, 5.41) is 3.60. The topological polar surface area (TPSA) is 88.1 Å². The number of fused-ring (bicyclic) bond motifs is 1. The number of esters is 1. The molecule has 0 spiro atoms. The van der Waals surface area contributed by atoms with Crippen molar-refractivity contribution in [2.24, 2.45) is 10.9 Å². The summed E-state index contributed by atoms with van der Waals surface area (Å²) in [5.74, 6) is -0.235. The van der Waals surface area contributed by atoms with Crippen molar-refractivity contribution in [3.05, 3.63) is 16.0 Å². The summed E-state index contributed by atoms with van der Waals surface area (Å²) < 4.78 is 4.97. The molecule has 9 heteroatoms. The van der Waals surface area contributed by atoms with Crippen LogP contribution in [0.2, 0.25) is 0 Å². The van der Waals surface area contributed by atoms with Crippen LogP contribution in [-0.4, -0.2) is 53.3 Å². The summed E-state index contributed by atoms with van der Waals surface area (Å²) >= 11 is 2.79. The van der Waals surface area contributed by atoms with Gasteiger partial charge in [0, 0.05) is 24.4 Å². The SMILES string of the molecule is CCN=C1S[C@H](CC(=O)Nc2sc3c(c2C(=O)OC)CC[C@@H](C)C3)C(=O)N1CC. The summed E-state index contributed by atoms with van der Waals surface area (Å²) in [6.45, 7) is 7.12. The summed E-state index contributed by atoms with van der Waals surface area (Å²) in [7, 11) is 1.35. The molecule has 1 aromatic rings. The molecule has 2 aliphatic rings. The average molecular weight is 438 g/mol. The molecule has 2 heterocycles. The first kappa shape index (κ1) is 21.8. The van der Waals surface area contributed by atoms with Crippen LogP contribution in [0, 0.1) is 5.92 Å². The van der Waals surface area contributed by atoms with Gasteiger partial charge in [0.25, 0.3) is 0 Å². The number of carbonyl (C=O) groups excluding carboxylic acids is 3. The van der Waals surface area contributed by atoms with Crippen LogP contribution in [-0.2, 0) is 27.2 Å². The Balaban J connectivity index is 1.77. The normalized spacial score (nSPS) is 22.7. The van der Waals surface area contributed by atoms with Crippen molar-refractivity contribution in [2.75, 3.05) is 25.5 Å². The fourth-order valence-corrected chi connectivity index (χ4v) is 6.37. The standard InChI is InChI=1S/C20H27N3O4S2/c1-5-21-20-23(6-2)18(25)14(29-20)10-15(24)22-17-16(19(26)27-4)12-8-7-11(3)9-13(12)28-17/h11,14H,5-10H2,1-4H3,(H,22,24)/t11-,14-/m1/s1. The Hall–Kier alpha value is -1.87. The van der Waals surface area contributed by atoms with Gasteiger partial charge in [0.1, 0.15) is 10.3 Å². The molecular formula is C20H27N3O4S2. The molecule has 1 aromatic heterocycles. The molecule has 0 aromatic carbocycles. The minimum atomic E-state index is -0.489. The Morgan fingerprint density at radius 2 is 2.10 bits per heavy atom. The maximum absolute atomic E-state index is 12.7. The van der Waals surface area contributed by atoms with Gasteiger partial charge >= 0.3 is 5.97 Å². The van der Waals surface area contributed by atoms with Gasteiger partial charge in [-0.2, -0.15) is 0 Å². The van der Waals surface area contributed by atoms with Crippen molar-refractivity contribution in [1.29, 1.82) is 0 Å². The minimum Gasteiger partial charge on any atom is -0.465 e. The second-order valence-electron chi connectivity index (χ2n) is 7.25. The van der Waals surface area contributed by atoms with Gasteiger partial charge in [0.2, 0.25) is 11.8 Å². The number of anilines is 1. The zero-order valence-electron chi connectivity index (χ0n) is 17.2. The number of ether oxygens (including phenoxy) is 1. The Morgan fingerprint density at radius 1 is 1.34 bits per heavy atom. The summed E-state index contributed by atoms with van der Waals surface area (Å²) in [6.07, 6.45) is 2.77. The predicted molar refractivity (Wildman–Crippen MR) is 117 cm³/mol. The van der Waals surface area contributed by atoms with E-state index in [-0.39, 0.29) is 18.2 Å². The molecule has 7 nitrogen and oxygen atoms in total. The van der Waals surface area contributed by atoms with Crippen molar-refractivity contribution in [1.82, 2.24) is 4.90 Å². The number of amidine groups is 1. The van der Waals surface area contributed by atoms with Gasteiger partial charge in [-0.3, -0.25) is 19.5 Å². The van der Waals surface area contributed by atoms with Crippen LogP contribution in [0.3, 0.4) is 0 Å². The van der Waals surface area contributed by atoms with E-state index in [1.807, 2.05) is 13.8 Å². The van der Waals surface area contributed by atoms with E-state index < -0.39 is 11.2 Å². The molecule has 2 amide bonds. The zero-order valence-corrected chi connectivity index (χ0v) is 18.9. The molecule has 1 fully saturated rings. The zero-order chi connectivity index (χ0) is 21.1. The van der Waals surface area contributed by atoms with Gasteiger partial charge in [0.15, 0.2) is 5.17 Å². The fourth-order valence-electron chi connectivity index (χ4n) is 3.69. The molecule has 1 N–H and O–H groups in total. The van der Waals surface area contributed by atoms with Gasteiger partial charge in [-0.1, -0.05) is 18.7 Å². The third-order valence-corrected chi connectivity index (χ3v) is 7.54. The first-order chi connectivity index (χ1) is 13.9. The number of methoxy groups -OCH3 is 1. The summed E-state index contributed by atoms with van der Waals surface area (Å²) in [4.78, 5) is 44.8. The van der Waals surface area contributed by atoms with E-state index in [0.29, 0.717) is 34.7 Å². The van der Waals surface area contributed by atoms with E-state index in [1.54, 1.807) is 4.90 Å². The highest BCUT2D eigenvalue weighted by Crippen LogP contribution is 2.40. The number of thiophene rings is 1. The number of nitrogens with zero attached hydrogens (tertiary/aromatic N) is 2. The molecule has 29 heavy (non-hydrogen) atoms. The van der Waals surface area contributed by atoms with Crippen molar-refractivity contribution in [3.8, 4) is 0 Å². The fraction of sp³-hybridized carbons (Fsp3) is 0.600. The van der Waals surface area contributed by atoms with Gasteiger partial charge in [-0.15, -0.1) is 11.3 Å². The average Bonchev–Trinajstić information content (AvgIpc) is 3.17. The van der Waals surface area contributed by atoms with Gasteiger partial charge in [-0.05, 0) is 44.6 Å². The Morgan fingerprint density at radius 3 is 2.76 bits per heavy atom. The van der Waals surface area contributed by atoms with Crippen molar-refractivity contribution in [2.45, 2.75) is 51.7 Å². The number of hydrogen-bond donors (Lipinski definition) is 1. The number of amides is 2. The number of aliphatic imine (C=N–C) groups is 1. The van der Waals surface area contributed by atoms with Crippen LogP contribution in [0.5, 0.6) is 0 Å². The lowest BCUT2D eigenvalue weighted by Crippen LogP contribution is -2.33. The lowest BCUT2D eigenvalue weighted by atomic mass is 9.88. The van der Waals surface area contributed by atoms with Gasteiger partial charge in [0.05, 0.1) is 12.7 Å². The third-order valence-electron chi connectivity index (χ3n) is 5.15. The highest BCUT2D eigenvalue weighted by Gasteiger charge is 2.38. The van der Waals surface area contributed by atoms with Crippen molar-refractivity contribution < 1.29 is 19.1 Å². The Labute approximate surface area is 179 Å². The largest absolute Gasteiger partial charge is 0.465 e. The van der Waals surface area contributed by atoms with E-state index in [9.17, 15) is 14.4 Å². The second-order valence-corrected chi connectivity index (χ2v) is 9.52. The molecule has 0 saturated carbocycles. The maximum Gasteiger partial charge on any atom is 0.341 e. The van der Waals surface area contributed by atoms with Crippen LogP contribution in [0.4, 0.5) is 5.00 Å². The Kier molecular flexibility index (Phi) is 7.00. The lowest BCUT2D eigenvalue weighted by Gasteiger charge is -2.18. The molecule has 1 saturated heterocycles. The monoisotopic (exact) mass is 437 g/mol. The second kappa shape index (κ2) is 9.30. The molecular weight excluding hydrogens is 410 g/mol. The first-order valence-electron chi connectivity index (χ1n) is 9.94. The summed E-state index contributed by atoms with van der Waals surface area (Å²) in [6, 6.07) is 0. The summed E-state index contributed by atoms with van der Waals surface area (Å²) in [5.41, 5.74) is 1.47. The third kappa shape index (κ3) is 4.50. The van der Waals surface area contributed by atoms with E-state index in [0.717, 1.165) is 29.7 Å². The highest BCUT2D eigenvalue weighted by molar-refractivity contribution is 8.15. The molecule has 0 bridgehead atoms. The van der Waals surface area contributed by atoms with Crippen LogP contribution in [0.1, 0.15) is 54.4 Å². The molecule has 2 atom stereocenters. The number of rotatable bonds is 6. The van der Waals surface area contributed by atoms with E-state index in [2.05, 4.69) is 17.2 Å². The number of carbonyl (C=O) groups is 3. The smallest absolute Gasteiger partial charge is 0.341 e. The van der Waals surface area contributed by atoms with Crippen LogP contribution in [0.15, 0.2) is 4.99 Å². The lowest BCUT2D eigenvalue weighted by molar-refractivity contribution is -0.128. The van der Waals surface area contributed by atoms with E-state index in [1.165, 1.54) is 30.2 Å². The quantitative estimate of drug-likeness (QED) is 0.690. The molecule has 0 radical (unpaired) electrons. The van der Waals surface area contributed by atoms with Gasteiger partial charge in [-0.25, -0.2) is 4.79 Å². The predicted octanol–water partition coefficient (Wildman–Crippen LogP) is 3.33. The molecule has 0 unspecified atom stereocenters. The highest BCUT2D eigenvalue weighted by atomic mass is 32.2. The number of nitrogens with one attached hydrogen (secondary N) is 1. The minimum absolute atomic E-state index is 0.0440. The first-order valence-corrected chi connectivity index (χ1v) is 11.6. The van der Waals surface area contributed by atoms with Gasteiger partial charge < -0.3 is 10.1 Å². The van der Waals surface area contributed by atoms with Crippen LogP contribution in [0.25, 0.3) is 0 Å². The Bertz CT molecular complexity index is 849. The maximum atomic E-state index is 12.7. The van der Waals surface area contributed by atoms with E-state index >= 15 is 0 Å². The number of hydrogen-bond acceptors (Lipinski definition) is 7. The molecule has 3 rings (SSSR count). The van der Waals surface area contributed by atoms with Crippen LogP contribution < -0.4 is 5.32 Å². The van der Waals surface area contributed by atoms with Crippen LogP contribution >= 0.6 is 23.1 Å².